The standard InChI is InChI=1S/C25H30ClN3O5/c1-4-11-27-25(32)28-16-19-7-5-6-8-23(19)29(15-17(28)2)24(31)21-10-9-20(14-22(21)26)34-13-12-33-18(3)30/h5-10,14,17H,4,11-13,15-16H2,1-3H3,(H,27,32). The summed E-state index contributed by atoms with van der Waals surface area (Å²) in [6, 6.07) is 12.1. The molecule has 1 atom stereocenters. The molecule has 1 heterocycles. The first-order valence-electron chi connectivity index (χ1n) is 11.3. The summed E-state index contributed by atoms with van der Waals surface area (Å²) in [7, 11) is 0. The van der Waals surface area contributed by atoms with Gasteiger partial charge in [-0.25, -0.2) is 4.79 Å². The number of para-hydroxylation sites is 1. The number of carbonyl (C=O) groups is 3. The topological polar surface area (TPSA) is 88.2 Å². The Balaban J connectivity index is 1.81. The van der Waals surface area contributed by atoms with Crippen molar-refractivity contribution < 1.29 is 23.9 Å². The van der Waals surface area contributed by atoms with Crippen LogP contribution in [0.3, 0.4) is 0 Å². The fourth-order valence-corrected chi connectivity index (χ4v) is 4.01. The van der Waals surface area contributed by atoms with E-state index in [9.17, 15) is 14.4 Å². The maximum absolute atomic E-state index is 13.6. The number of ether oxygens (including phenoxy) is 2. The van der Waals surface area contributed by atoms with Crippen LogP contribution in [0, 0.1) is 0 Å². The lowest BCUT2D eigenvalue weighted by Gasteiger charge is -2.29. The highest BCUT2D eigenvalue weighted by atomic mass is 35.5. The van der Waals surface area contributed by atoms with Crippen molar-refractivity contribution in [2.24, 2.45) is 0 Å². The summed E-state index contributed by atoms with van der Waals surface area (Å²) < 4.78 is 10.4. The van der Waals surface area contributed by atoms with Gasteiger partial charge in [-0.3, -0.25) is 9.59 Å². The molecule has 0 bridgehead atoms. The van der Waals surface area contributed by atoms with Gasteiger partial charge in [-0.15, -0.1) is 0 Å². The summed E-state index contributed by atoms with van der Waals surface area (Å²) in [5, 5.41) is 3.18. The largest absolute Gasteiger partial charge is 0.490 e. The molecule has 1 N–H and O–H groups in total. The summed E-state index contributed by atoms with van der Waals surface area (Å²) in [6.07, 6.45) is 0.844. The molecule has 1 aliphatic rings. The van der Waals surface area contributed by atoms with Gasteiger partial charge in [-0.1, -0.05) is 36.7 Å². The SMILES string of the molecule is CCCNC(=O)N1Cc2ccccc2N(C(=O)c2ccc(OCCOC(C)=O)cc2Cl)CC1C. The Bertz CT molecular complexity index is 1040. The summed E-state index contributed by atoms with van der Waals surface area (Å²) in [6.45, 7) is 6.88. The number of esters is 1. The van der Waals surface area contributed by atoms with E-state index in [1.165, 1.54) is 6.92 Å². The normalized spacial score (nSPS) is 15.2. The molecule has 2 aromatic carbocycles. The molecule has 0 aromatic heterocycles. The van der Waals surface area contributed by atoms with Crippen molar-refractivity contribution in [1.29, 1.82) is 0 Å². The molecule has 0 saturated heterocycles. The minimum absolute atomic E-state index is 0.123. The maximum Gasteiger partial charge on any atom is 0.318 e. The van der Waals surface area contributed by atoms with E-state index in [4.69, 9.17) is 21.1 Å². The lowest BCUT2D eigenvalue weighted by atomic mass is 10.1. The molecule has 1 aliphatic heterocycles. The van der Waals surface area contributed by atoms with Gasteiger partial charge in [0.15, 0.2) is 0 Å². The van der Waals surface area contributed by atoms with Crippen LogP contribution in [0.25, 0.3) is 0 Å². The number of anilines is 1. The van der Waals surface area contributed by atoms with Crippen molar-refractivity contribution in [2.45, 2.75) is 39.8 Å². The molecule has 3 rings (SSSR count). The number of amides is 3. The summed E-state index contributed by atoms with van der Waals surface area (Å²) >= 11 is 6.46. The van der Waals surface area contributed by atoms with Crippen molar-refractivity contribution in [3.8, 4) is 5.75 Å². The fourth-order valence-electron chi connectivity index (χ4n) is 3.76. The molecule has 8 nitrogen and oxygen atoms in total. The zero-order valence-corrected chi connectivity index (χ0v) is 20.4. The van der Waals surface area contributed by atoms with E-state index < -0.39 is 0 Å². The first-order chi connectivity index (χ1) is 16.3. The highest BCUT2D eigenvalue weighted by Gasteiger charge is 2.32. The number of carbonyl (C=O) groups excluding carboxylic acids is 3. The number of benzene rings is 2. The molecule has 9 heteroatoms. The molecular weight excluding hydrogens is 458 g/mol. The molecule has 34 heavy (non-hydrogen) atoms. The number of hydrogen-bond acceptors (Lipinski definition) is 5. The first kappa shape index (κ1) is 25.4. The first-order valence-corrected chi connectivity index (χ1v) is 11.7. The van der Waals surface area contributed by atoms with E-state index in [0.29, 0.717) is 30.9 Å². The molecular formula is C25H30ClN3O5. The molecule has 1 unspecified atom stereocenters. The monoisotopic (exact) mass is 487 g/mol. The number of rotatable bonds is 7. The van der Waals surface area contributed by atoms with E-state index in [2.05, 4.69) is 5.32 Å². The predicted octanol–water partition coefficient (Wildman–Crippen LogP) is 4.25. The molecule has 0 fully saturated rings. The van der Waals surface area contributed by atoms with Crippen molar-refractivity contribution in [3.63, 3.8) is 0 Å². The van der Waals surface area contributed by atoms with Crippen LogP contribution < -0.4 is 15.0 Å². The average Bonchev–Trinajstić information content (AvgIpc) is 2.96. The van der Waals surface area contributed by atoms with Crippen LogP contribution in [0.2, 0.25) is 5.02 Å². The molecule has 182 valence electrons. The van der Waals surface area contributed by atoms with Crippen LogP contribution in [-0.2, 0) is 16.1 Å². The van der Waals surface area contributed by atoms with Gasteiger partial charge in [0.05, 0.1) is 10.6 Å². The second kappa shape index (κ2) is 11.7. The zero-order valence-electron chi connectivity index (χ0n) is 19.7. The number of halogens is 1. The number of nitrogens with one attached hydrogen (secondary N) is 1. The zero-order chi connectivity index (χ0) is 24.7. The van der Waals surface area contributed by atoms with Crippen LogP contribution in [-0.4, -0.2) is 55.2 Å². The Morgan fingerprint density at radius 1 is 1.15 bits per heavy atom. The second-order valence-electron chi connectivity index (χ2n) is 8.08. The Kier molecular flexibility index (Phi) is 8.76. The highest BCUT2D eigenvalue weighted by Crippen LogP contribution is 2.31. The van der Waals surface area contributed by atoms with Crippen molar-refractivity contribution >= 4 is 35.2 Å². The minimum Gasteiger partial charge on any atom is -0.490 e. The molecule has 3 amide bonds. The average molecular weight is 488 g/mol. The van der Waals surface area contributed by atoms with Gasteiger partial charge >= 0.3 is 12.0 Å². The van der Waals surface area contributed by atoms with Gasteiger partial charge in [-0.05, 0) is 43.2 Å². The Morgan fingerprint density at radius 2 is 1.91 bits per heavy atom. The second-order valence-corrected chi connectivity index (χ2v) is 8.49. The van der Waals surface area contributed by atoms with Gasteiger partial charge < -0.3 is 24.6 Å². The third-order valence-electron chi connectivity index (χ3n) is 5.46. The smallest absolute Gasteiger partial charge is 0.318 e. The predicted molar refractivity (Wildman–Crippen MR) is 130 cm³/mol. The molecule has 0 radical (unpaired) electrons. The summed E-state index contributed by atoms with van der Waals surface area (Å²) in [4.78, 5) is 40.6. The van der Waals surface area contributed by atoms with Crippen molar-refractivity contribution in [2.75, 3.05) is 31.2 Å². The Hall–Kier alpha value is -3.26. The van der Waals surface area contributed by atoms with Crippen LogP contribution in [0.4, 0.5) is 10.5 Å². The van der Waals surface area contributed by atoms with Crippen LogP contribution in [0.15, 0.2) is 42.5 Å². The Labute approximate surface area is 204 Å². The van der Waals surface area contributed by atoms with Crippen LogP contribution in [0.1, 0.15) is 43.1 Å². The van der Waals surface area contributed by atoms with E-state index in [1.54, 1.807) is 28.0 Å². The minimum atomic E-state index is -0.379. The van der Waals surface area contributed by atoms with E-state index >= 15 is 0 Å². The third-order valence-corrected chi connectivity index (χ3v) is 5.78. The van der Waals surface area contributed by atoms with Gasteiger partial charge in [0.2, 0.25) is 0 Å². The maximum atomic E-state index is 13.6. The third kappa shape index (κ3) is 6.20. The Morgan fingerprint density at radius 3 is 2.62 bits per heavy atom. The lowest BCUT2D eigenvalue weighted by molar-refractivity contribution is -0.141. The van der Waals surface area contributed by atoms with E-state index in [1.807, 2.05) is 38.1 Å². The van der Waals surface area contributed by atoms with Gasteiger partial charge in [-0.2, -0.15) is 0 Å². The molecule has 0 aliphatic carbocycles. The van der Waals surface area contributed by atoms with E-state index in [0.717, 1.165) is 17.7 Å². The summed E-state index contributed by atoms with van der Waals surface area (Å²) in [5.41, 5.74) is 1.97. The number of fused-ring (bicyclic) bond motifs is 1. The van der Waals surface area contributed by atoms with Gasteiger partial charge in [0.25, 0.3) is 5.91 Å². The van der Waals surface area contributed by atoms with Gasteiger partial charge in [0, 0.05) is 38.3 Å². The lowest BCUT2D eigenvalue weighted by Crippen LogP contribution is -2.48. The van der Waals surface area contributed by atoms with Crippen LogP contribution >= 0.6 is 11.6 Å². The summed E-state index contributed by atoms with van der Waals surface area (Å²) in [5.74, 6) is -0.167. The number of hydrogen-bond donors (Lipinski definition) is 1. The van der Waals surface area contributed by atoms with Gasteiger partial charge in [0.1, 0.15) is 19.0 Å². The highest BCUT2D eigenvalue weighted by molar-refractivity contribution is 6.34. The van der Waals surface area contributed by atoms with E-state index in [-0.39, 0.29) is 42.2 Å². The van der Waals surface area contributed by atoms with Crippen molar-refractivity contribution in [1.82, 2.24) is 10.2 Å². The fraction of sp³-hybridized carbons (Fsp3) is 0.400. The quantitative estimate of drug-likeness (QED) is 0.466. The van der Waals surface area contributed by atoms with Crippen LogP contribution in [0.5, 0.6) is 5.75 Å². The number of urea groups is 1. The molecule has 2 aromatic rings. The molecule has 0 spiro atoms. The van der Waals surface area contributed by atoms with Crippen molar-refractivity contribution in [3.05, 3.63) is 58.6 Å². The molecule has 0 saturated carbocycles. The number of nitrogens with zero attached hydrogens (tertiary/aromatic N) is 2.